The summed E-state index contributed by atoms with van der Waals surface area (Å²) in [6.45, 7) is 5.33. The zero-order valence-corrected chi connectivity index (χ0v) is 12.4. The van der Waals surface area contributed by atoms with Crippen molar-refractivity contribution in [1.29, 1.82) is 0 Å². The van der Waals surface area contributed by atoms with Crippen LogP contribution in [0.5, 0.6) is 0 Å². The highest BCUT2D eigenvalue weighted by Crippen LogP contribution is 2.32. The number of hydrogen-bond acceptors (Lipinski definition) is 4. The second-order valence-electron chi connectivity index (χ2n) is 5.63. The molecule has 1 aliphatic rings. The van der Waals surface area contributed by atoms with E-state index >= 15 is 0 Å². The van der Waals surface area contributed by atoms with Crippen molar-refractivity contribution in [3.05, 3.63) is 33.9 Å². The van der Waals surface area contributed by atoms with E-state index in [9.17, 15) is 14.9 Å². The Morgan fingerprint density at radius 3 is 2.81 bits per heavy atom. The molecule has 1 amide bonds. The lowest BCUT2D eigenvalue weighted by molar-refractivity contribution is -0.385. The molecule has 21 heavy (non-hydrogen) atoms. The van der Waals surface area contributed by atoms with Crippen LogP contribution >= 0.6 is 0 Å². The van der Waals surface area contributed by atoms with Gasteiger partial charge in [-0.15, -0.1) is 0 Å². The monoisotopic (exact) mass is 291 g/mol. The number of aryl methyl sites for hydroxylation is 1. The van der Waals surface area contributed by atoms with E-state index in [1.807, 2.05) is 6.92 Å². The zero-order valence-electron chi connectivity index (χ0n) is 12.4. The smallest absolute Gasteiger partial charge is 0.272 e. The first-order chi connectivity index (χ1) is 9.98. The molecule has 114 valence electrons. The highest BCUT2D eigenvalue weighted by molar-refractivity contribution is 5.95. The average Bonchev–Trinajstić information content (AvgIpc) is 2.47. The molecule has 1 aromatic rings. The van der Waals surface area contributed by atoms with Gasteiger partial charge in [0.1, 0.15) is 0 Å². The molecule has 2 rings (SSSR count). The number of piperidine rings is 1. The van der Waals surface area contributed by atoms with E-state index in [2.05, 4.69) is 10.6 Å². The van der Waals surface area contributed by atoms with Gasteiger partial charge in [-0.25, -0.2) is 0 Å². The van der Waals surface area contributed by atoms with E-state index < -0.39 is 4.92 Å². The Kier molecular flexibility index (Phi) is 4.57. The summed E-state index contributed by atoms with van der Waals surface area (Å²) in [5.41, 5.74) is 0.845. The predicted octanol–water partition coefficient (Wildman–Crippen LogP) is 2.62. The molecule has 0 radical (unpaired) electrons. The van der Waals surface area contributed by atoms with Gasteiger partial charge in [0.15, 0.2) is 0 Å². The summed E-state index contributed by atoms with van der Waals surface area (Å²) in [6, 6.07) is 4.67. The maximum Gasteiger partial charge on any atom is 0.272 e. The SMILES string of the molecule is CCC1(C(=O)Nc2ccc([N+](=O)[O-])c(C)c2)CCCNC1. The lowest BCUT2D eigenvalue weighted by atomic mass is 9.77. The number of amides is 1. The van der Waals surface area contributed by atoms with Gasteiger partial charge in [0.25, 0.3) is 5.69 Å². The lowest BCUT2D eigenvalue weighted by Crippen LogP contribution is -2.47. The topological polar surface area (TPSA) is 84.3 Å². The number of nitrogens with zero attached hydrogens (tertiary/aromatic N) is 1. The fraction of sp³-hybridized carbons (Fsp3) is 0.533. The normalized spacial score (nSPS) is 21.8. The Morgan fingerprint density at radius 1 is 1.52 bits per heavy atom. The maximum absolute atomic E-state index is 12.6. The van der Waals surface area contributed by atoms with Gasteiger partial charge in [0.05, 0.1) is 10.3 Å². The van der Waals surface area contributed by atoms with Crippen molar-refractivity contribution in [3.8, 4) is 0 Å². The Balaban J connectivity index is 2.15. The van der Waals surface area contributed by atoms with E-state index in [1.165, 1.54) is 6.07 Å². The molecule has 6 heteroatoms. The molecule has 0 aromatic heterocycles. The molecule has 1 saturated heterocycles. The molecule has 1 aromatic carbocycles. The van der Waals surface area contributed by atoms with Crippen LogP contribution in [0, 0.1) is 22.5 Å². The van der Waals surface area contributed by atoms with Gasteiger partial charge in [0, 0.05) is 23.9 Å². The summed E-state index contributed by atoms with van der Waals surface area (Å²) in [5.74, 6) is -0.00884. The van der Waals surface area contributed by atoms with Crippen LogP contribution in [0.2, 0.25) is 0 Å². The third-order valence-corrected chi connectivity index (χ3v) is 4.28. The number of nitrogens with one attached hydrogen (secondary N) is 2. The predicted molar refractivity (Wildman–Crippen MR) is 81.3 cm³/mol. The van der Waals surface area contributed by atoms with Crippen LogP contribution in [0.4, 0.5) is 11.4 Å². The van der Waals surface area contributed by atoms with Crippen molar-refractivity contribution >= 4 is 17.3 Å². The van der Waals surface area contributed by atoms with Gasteiger partial charge >= 0.3 is 0 Å². The number of anilines is 1. The standard InChI is InChI=1S/C15H21N3O3/c1-3-15(7-4-8-16-10-15)14(19)17-12-5-6-13(18(20)21)11(2)9-12/h5-6,9,16H,3-4,7-8,10H2,1-2H3,(H,17,19). The van der Waals surface area contributed by atoms with Crippen molar-refractivity contribution in [2.45, 2.75) is 33.1 Å². The Hall–Kier alpha value is -1.95. The van der Waals surface area contributed by atoms with Crippen molar-refractivity contribution in [1.82, 2.24) is 5.32 Å². The number of benzene rings is 1. The number of nitro benzene ring substituents is 1. The van der Waals surface area contributed by atoms with E-state index in [-0.39, 0.29) is 17.0 Å². The van der Waals surface area contributed by atoms with Crippen molar-refractivity contribution in [3.63, 3.8) is 0 Å². The zero-order chi connectivity index (χ0) is 15.5. The largest absolute Gasteiger partial charge is 0.326 e. The Morgan fingerprint density at radius 2 is 2.29 bits per heavy atom. The second kappa shape index (κ2) is 6.22. The highest BCUT2D eigenvalue weighted by atomic mass is 16.6. The maximum atomic E-state index is 12.6. The first-order valence-corrected chi connectivity index (χ1v) is 7.26. The minimum atomic E-state index is -0.417. The molecular formula is C15H21N3O3. The highest BCUT2D eigenvalue weighted by Gasteiger charge is 2.37. The first kappa shape index (κ1) is 15.4. The van der Waals surface area contributed by atoms with Crippen molar-refractivity contribution in [2.75, 3.05) is 18.4 Å². The molecular weight excluding hydrogens is 270 g/mol. The fourth-order valence-corrected chi connectivity index (χ4v) is 2.83. The molecule has 1 atom stereocenters. The van der Waals surface area contributed by atoms with Gasteiger partial charge < -0.3 is 10.6 Å². The van der Waals surface area contributed by atoms with Crippen LogP contribution in [0.3, 0.4) is 0 Å². The van der Waals surface area contributed by atoms with Gasteiger partial charge in [-0.2, -0.15) is 0 Å². The molecule has 1 unspecified atom stereocenters. The van der Waals surface area contributed by atoms with Crippen LogP contribution in [-0.4, -0.2) is 23.9 Å². The first-order valence-electron chi connectivity index (χ1n) is 7.26. The van der Waals surface area contributed by atoms with E-state index in [4.69, 9.17) is 0 Å². The molecule has 1 heterocycles. The average molecular weight is 291 g/mol. The van der Waals surface area contributed by atoms with Crippen molar-refractivity contribution in [2.24, 2.45) is 5.41 Å². The molecule has 0 aliphatic carbocycles. The number of carbonyl (C=O) groups is 1. The number of carbonyl (C=O) groups excluding carboxylic acids is 1. The van der Waals surface area contributed by atoms with Crippen LogP contribution in [0.1, 0.15) is 31.7 Å². The summed E-state index contributed by atoms with van der Waals surface area (Å²) >= 11 is 0. The van der Waals surface area contributed by atoms with Crippen LogP contribution < -0.4 is 10.6 Å². The second-order valence-corrected chi connectivity index (χ2v) is 5.63. The molecule has 1 aliphatic heterocycles. The van der Waals surface area contributed by atoms with Gasteiger partial charge in [-0.05, 0) is 44.9 Å². The quantitative estimate of drug-likeness (QED) is 0.659. The number of rotatable bonds is 4. The van der Waals surface area contributed by atoms with Gasteiger partial charge in [-0.3, -0.25) is 14.9 Å². The molecule has 0 saturated carbocycles. The summed E-state index contributed by atoms with van der Waals surface area (Å²) in [4.78, 5) is 23.0. The number of nitro groups is 1. The summed E-state index contributed by atoms with van der Waals surface area (Å²) in [7, 11) is 0. The summed E-state index contributed by atoms with van der Waals surface area (Å²) < 4.78 is 0. The number of hydrogen-bond donors (Lipinski definition) is 2. The fourth-order valence-electron chi connectivity index (χ4n) is 2.83. The lowest BCUT2D eigenvalue weighted by Gasteiger charge is -2.35. The van der Waals surface area contributed by atoms with Crippen LogP contribution in [0.15, 0.2) is 18.2 Å². The van der Waals surface area contributed by atoms with Gasteiger partial charge in [0.2, 0.25) is 5.91 Å². The third kappa shape index (κ3) is 3.21. The summed E-state index contributed by atoms with van der Waals surface area (Å²) in [6.07, 6.45) is 2.63. The van der Waals surface area contributed by atoms with E-state index in [0.29, 0.717) is 17.8 Å². The Bertz CT molecular complexity index is 551. The minimum absolute atomic E-state index is 0.00884. The molecule has 0 spiro atoms. The van der Waals surface area contributed by atoms with Crippen LogP contribution in [0.25, 0.3) is 0 Å². The van der Waals surface area contributed by atoms with E-state index in [1.54, 1.807) is 19.1 Å². The molecule has 6 nitrogen and oxygen atoms in total. The van der Waals surface area contributed by atoms with Gasteiger partial charge in [-0.1, -0.05) is 6.92 Å². The van der Waals surface area contributed by atoms with Crippen molar-refractivity contribution < 1.29 is 9.72 Å². The minimum Gasteiger partial charge on any atom is -0.326 e. The summed E-state index contributed by atoms with van der Waals surface area (Å²) in [5, 5.41) is 17.0. The molecule has 1 fully saturated rings. The third-order valence-electron chi connectivity index (χ3n) is 4.28. The van der Waals surface area contributed by atoms with E-state index in [0.717, 1.165) is 25.8 Å². The molecule has 2 N–H and O–H groups in total. The van der Waals surface area contributed by atoms with Crippen LogP contribution in [-0.2, 0) is 4.79 Å². The Labute approximate surface area is 124 Å². The molecule has 0 bridgehead atoms.